The normalized spacial score (nSPS) is 14.1. The maximum absolute atomic E-state index is 13.3. The molecule has 0 aliphatic heterocycles. The molecule has 0 aromatic heterocycles. The molecule has 1 aromatic rings. The zero-order chi connectivity index (χ0) is 18.9. The van der Waals surface area contributed by atoms with Crippen molar-refractivity contribution in [2.45, 2.75) is 24.5 Å². The molecule has 0 bridgehead atoms. The number of carbonyl (C=O) groups excluding carboxylic acids is 1. The molecular formula is C13H11F5O5S. The number of allylic oxidation sites excluding steroid dienone is 1. The summed E-state index contributed by atoms with van der Waals surface area (Å²) in [5.74, 6) is -1.84. The molecule has 1 aromatic carbocycles. The molecule has 0 fully saturated rings. The average molecular weight is 374 g/mol. The summed E-state index contributed by atoms with van der Waals surface area (Å²) in [5.41, 5.74) is 0.573. The number of hydrogen-bond donors (Lipinski definition) is 1. The van der Waals surface area contributed by atoms with Crippen LogP contribution >= 0.6 is 0 Å². The van der Waals surface area contributed by atoms with Crippen molar-refractivity contribution >= 4 is 21.7 Å². The molecule has 5 nitrogen and oxygen atoms in total. The second kappa shape index (κ2) is 6.48. The van der Waals surface area contributed by atoms with Crippen LogP contribution in [0.15, 0.2) is 30.8 Å². The SMILES string of the molecule is C=C(C)c1ccc(C(=O)OC(C(F)(F)F)C(F)(F)S(=O)(=O)O)cc1. The lowest BCUT2D eigenvalue weighted by Crippen LogP contribution is -2.52. The topological polar surface area (TPSA) is 80.7 Å². The Morgan fingerprint density at radius 2 is 1.54 bits per heavy atom. The van der Waals surface area contributed by atoms with Gasteiger partial charge in [-0.3, -0.25) is 4.55 Å². The first-order chi connectivity index (χ1) is 10.7. The van der Waals surface area contributed by atoms with E-state index in [9.17, 15) is 35.2 Å². The predicted octanol–water partition coefficient (Wildman–Crippen LogP) is 3.29. The Hall–Kier alpha value is -2.01. The van der Waals surface area contributed by atoms with Crippen LogP contribution in [0.1, 0.15) is 22.8 Å². The monoisotopic (exact) mass is 374 g/mol. The van der Waals surface area contributed by atoms with Crippen LogP contribution in [0.5, 0.6) is 0 Å². The standard InChI is InChI=1S/C13H11F5O5S/c1-7(2)8-3-5-9(6-4-8)10(19)23-11(12(14,15)16)13(17,18)24(20,21)22/h3-6,11H,1H2,2H3,(H,20,21,22). The van der Waals surface area contributed by atoms with Crippen LogP contribution in [0.3, 0.4) is 0 Å². The molecule has 0 aliphatic carbocycles. The van der Waals surface area contributed by atoms with Gasteiger partial charge >= 0.3 is 27.5 Å². The van der Waals surface area contributed by atoms with E-state index in [1.807, 2.05) is 0 Å². The highest BCUT2D eigenvalue weighted by atomic mass is 32.2. The minimum absolute atomic E-state index is 0.527. The molecule has 1 rings (SSSR count). The first-order valence-electron chi connectivity index (χ1n) is 6.06. The summed E-state index contributed by atoms with van der Waals surface area (Å²) in [6, 6.07) is 4.54. The maximum atomic E-state index is 13.3. The van der Waals surface area contributed by atoms with E-state index >= 15 is 0 Å². The fourth-order valence-electron chi connectivity index (χ4n) is 1.53. The van der Waals surface area contributed by atoms with Gasteiger partial charge in [-0.15, -0.1) is 0 Å². The fraction of sp³-hybridized carbons (Fsp3) is 0.308. The van der Waals surface area contributed by atoms with Gasteiger partial charge in [-0.2, -0.15) is 30.4 Å². The van der Waals surface area contributed by atoms with Gasteiger partial charge in [0.15, 0.2) is 0 Å². The van der Waals surface area contributed by atoms with Crippen molar-refractivity contribution < 1.29 is 44.5 Å². The maximum Gasteiger partial charge on any atom is 0.432 e. The van der Waals surface area contributed by atoms with Gasteiger partial charge in [0.25, 0.3) is 6.10 Å². The number of halogens is 5. The van der Waals surface area contributed by atoms with Crippen molar-refractivity contribution in [3.63, 3.8) is 0 Å². The van der Waals surface area contributed by atoms with Crippen LogP contribution in [0, 0.1) is 0 Å². The third-order valence-electron chi connectivity index (χ3n) is 2.78. The van der Waals surface area contributed by atoms with Crippen molar-refractivity contribution in [1.29, 1.82) is 0 Å². The molecular weight excluding hydrogens is 363 g/mol. The molecule has 0 heterocycles. The number of hydrogen-bond acceptors (Lipinski definition) is 4. The van der Waals surface area contributed by atoms with Crippen LogP contribution in [-0.2, 0) is 14.9 Å². The van der Waals surface area contributed by atoms with E-state index in [0.29, 0.717) is 11.1 Å². The third kappa shape index (κ3) is 4.29. The van der Waals surface area contributed by atoms with Crippen molar-refractivity contribution in [1.82, 2.24) is 0 Å². The molecule has 1 N–H and O–H groups in total. The Morgan fingerprint density at radius 3 is 1.88 bits per heavy atom. The number of carbonyl (C=O) groups is 1. The van der Waals surface area contributed by atoms with E-state index in [-0.39, 0.29) is 0 Å². The zero-order valence-corrected chi connectivity index (χ0v) is 12.8. The van der Waals surface area contributed by atoms with Crippen LogP contribution in [0.2, 0.25) is 0 Å². The summed E-state index contributed by atoms with van der Waals surface area (Å²) >= 11 is 0. The minimum atomic E-state index is -6.47. The lowest BCUT2D eigenvalue weighted by atomic mass is 10.1. The molecule has 0 saturated carbocycles. The second-order valence-electron chi connectivity index (χ2n) is 4.72. The number of esters is 1. The van der Waals surface area contributed by atoms with Gasteiger partial charge in [0.1, 0.15) is 0 Å². The van der Waals surface area contributed by atoms with Crippen molar-refractivity contribution in [2.24, 2.45) is 0 Å². The number of benzene rings is 1. The van der Waals surface area contributed by atoms with E-state index in [2.05, 4.69) is 11.3 Å². The van der Waals surface area contributed by atoms with E-state index in [1.54, 1.807) is 6.92 Å². The first kappa shape index (κ1) is 20.0. The summed E-state index contributed by atoms with van der Waals surface area (Å²) in [4.78, 5) is 11.6. The van der Waals surface area contributed by atoms with Crippen LogP contribution in [-0.4, -0.2) is 36.5 Å². The Balaban J connectivity index is 3.16. The van der Waals surface area contributed by atoms with E-state index in [0.717, 1.165) is 12.1 Å². The van der Waals surface area contributed by atoms with Crippen LogP contribution < -0.4 is 0 Å². The van der Waals surface area contributed by atoms with Gasteiger partial charge in [0, 0.05) is 0 Å². The van der Waals surface area contributed by atoms with Crippen LogP contribution in [0.25, 0.3) is 5.57 Å². The van der Waals surface area contributed by atoms with Gasteiger partial charge in [0.2, 0.25) is 0 Å². The summed E-state index contributed by atoms with van der Waals surface area (Å²) in [5, 5.41) is -5.77. The highest BCUT2D eigenvalue weighted by Gasteiger charge is 2.66. The Labute approximate surface area is 133 Å². The Morgan fingerprint density at radius 1 is 1.12 bits per heavy atom. The average Bonchev–Trinajstić information content (AvgIpc) is 2.41. The van der Waals surface area contributed by atoms with Gasteiger partial charge in [-0.05, 0) is 24.6 Å². The van der Waals surface area contributed by atoms with Gasteiger partial charge in [0.05, 0.1) is 5.56 Å². The molecule has 0 amide bonds. The van der Waals surface area contributed by atoms with Gasteiger partial charge in [-0.1, -0.05) is 24.3 Å². The second-order valence-corrected chi connectivity index (χ2v) is 6.22. The molecule has 0 radical (unpaired) electrons. The summed E-state index contributed by atoms with van der Waals surface area (Å²) in [6.07, 6.45) is -10.3. The van der Waals surface area contributed by atoms with E-state index in [1.165, 1.54) is 12.1 Å². The molecule has 0 saturated heterocycles. The molecule has 0 spiro atoms. The van der Waals surface area contributed by atoms with Crippen molar-refractivity contribution in [2.75, 3.05) is 0 Å². The first-order valence-corrected chi connectivity index (χ1v) is 7.50. The smallest absolute Gasteiger partial charge is 0.432 e. The Kier molecular flexibility index (Phi) is 5.41. The van der Waals surface area contributed by atoms with Gasteiger partial charge in [-0.25, -0.2) is 4.79 Å². The van der Waals surface area contributed by atoms with Crippen molar-refractivity contribution in [3.8, 4) is 0 Å². The van der Waals surface area contributed by atoms with Crippen molar-refractivity contribution in [3.05, 3.63) is 42.0 Å². The zero-order valence-electron chi connectivity index (χ0n) is 12.0. The van der Waals surface area contributed by atoms with E-state index < -0.39 is 39.2 Å². The largest absolute Gasteiger partial charge is 0.441 e. The highest BCUT2D eigenvalue weighted by molar-refractivity contribution is 7.86. The molecule has 0 aliphatic rings. The highest BCUT2D eigenvalue weighted by Crippen LogP contribution is 2.38. The summed E-state index contributed by atoms with van der Waals surface area (Å²) in [6.45, 7) is 5.19. The summed E-state index contributed by atoms with van der Waals surface area (Å²) < 4.78 is 97.4. The summed E-state index contributed by atoms with van der Waals surface area (Å²) in [7, 11) is -6.47. The fourth-order valence-corrected chi connectivity index (χ4v) is 1.98. The molecule has 134 valence electrons. The lowest BCUT2D eigenvalue weighted by Gasteiger charge is -2.26. The molecule has 1 atom stereocenters. The quantitative estimate of drug-likeness (QED) is 0.486. The number of rotatable bonds is 5. The van der Waals surface area contributed by atoms with E-state index in [4.69, 9.17) is 4.55 Å². The lowest BCUT2D eigenvalue weighted by molar-refractivity contribution is -0.248. The Bertz CT molecular complexity index is 737. The number of alkyl halides is 5. The molecule has 1 unspecified atom stereocenters. The molecule has 11 heteroatoms. The van der Waals surface area contributed by atoms with Crippen LogP contribution in [0.4, 0.5) is 22.0 Å². The predicted molar refractivity (Wildman–Crippen MR) is 72.9 cm³/mol. The van der Waals surface area contributed by atoms with Gasteiger partial charge < -0.3 is 4.74 Å². The molecule has 24 heavy (non-hydrogen) atoms. The minimum Gasteiger partial charge on any atom is -0.441 e. The number of ether oxygens (including phenoxy) is 1. The third-order valence-corrected chi connectivity index (χ3v) is 3.69.